The van der Waals surface area contributed by atoms with Crippen LogP contribution in [0.5, 0.6) is 0 Å². The van der Waals surface area contributed by atoms with Crippen LogP contribution in [0.1, 0.15) is 39.0 Å². The number of aliphatic carboxylic acids is 1. The Hall–Kier alpha value is -0.570. The van der Waals surface area contributed by atoms with E-state index in [9.17, 15) is 4.79 Å². The van der Waals surface area contributed by atoms with Crippen LogP contribution in [0.3, 0.4) is 0 Å². The Morgan fingerprint density at radius 1 is 1.33 bits per heavy atom. The molecule has 1 N–H and O–H groups in total. The zero-order chi connectivity index (χ0) is 10.8. The van der Waals surface area contributed by atoms with Crippen molar-refractivity contribution in [2.24, 2.45) is 11.8 Å². The fourth-order valence-electron chi connectivity index (χ4n) is 3.04. The summed E-state index contributed by atoms with van der Waals surface area (Å²) in [5, 5.41) is 8.66. The molecule has 0 amide bonds. The Labute approximate surface area is 91.5 Å². The molecule has 3 nitrogen and oxygen atoms in total. The molecule has 15 heavy (non-hydrogen) atoms. The number of carboxylic acids is 1. The van der Waals surface area contributed by atoms with Crippen LogP contribution in [0.15, 0.2) is 0 Å². The maximum absolute atomic E-state index is 10.5. The predicted octanol–water partition coefficient (Wildman–Crippen LogP) is 1.97. The first-order valence-corrected chi connectivity index (χ1v) is 6.15. The first kappa shape index (κ1) is 10.9. The molecule has 0 aromatic rings. The van der Waals surface area contributed by atoms with Crippen LogP contribution in [0.4, 0.5) is 0 Å². The van der Waals surface area contributed by atoms with E-state index >= 15 is 0 Å². The van der Waals surface area contributed by atoms with Gasteiger partial charge < -0.3 is 5.11 Å². The number of carbonyl (C=O) groups is 1. The lowest BCUT2D eigenvalue weighted by Gasteiger charge is -2.42. The predicted molar refractivity (Wildman–Crippen MR) is 58.7 cm³/mol. The summed E-state index contributed by atoms with van der Waals surface area (Å²) in [5.74, 6) is 0.703. The Kier molecular flexibility index (Phi) is 3.29. The van der Waals surface area contributed by atoms with Gasteiger partial charge in [-0.05, 0) is 31.1 Å². The molecule has 0 aromatic heterocycles. The van der Waals surface area contributed by atoms with Gasteiger partial charge in [0, 0.05) is 19.1 Å². The summed E-state index contributed by atoms with van der Waals surface area (Å²) in [6.07, 6.45) is 5.72. The normalized spacial score (nSPS) is 32.9. The van der Waals surface area contributed by atoms with E-state index in [0.717, 1.165) is 25.0 Å². The van der Waals surface area contributed by atoms with Crippen molar-refractivity contribution in [2.75, 3.05) is 13.1 Å². The van der Waals surface area contributed by atoms with Gasteiger partial charge in [0.1, 0.15) is 0 Å². The summed E-state index contributed by atoms with van der Waals surface area (Å²) in [5.41, 5.74) is 0. The molecule has 1 saturated heterocycles. The van der Waals surface area contributed by atoms with Crippen molar-refractivity contribution in [2.45, 2.75) is 45.1 Å². The van der Waals surface area contributed by atoms with Crippen molar-refractivity contribution < 1.29 is 9.90 Å². The van der Waals surface area contributed by atoms with E-state index in [-0.39, 0.29) is 0 Å². The SMILES string of the molecule is CCC1CCC(N2CC(CC(=O)O)C2)C1. The molecule has 1 saturated carbocycles. The third-order valence-electron chi connectivity index (χ3n) is 4.06. The molecule has 0 radical (unpaired) electrons. The minimum absolute atomic E-state index is 0.362. The molecule has 0 aromatic carbocycles. The van der Waals surface area contributed by atoms with Gasteiger partial charge in [0.05, 0.1) is 6.42 Å². The van der Waals surface area contributed by atoms with Gasteiger partial charge in [-0.15, -0.1) is 0 Å². The second-order valence-electron chi connectivity index (χ2n) is 5.16. The van der Waals surface area contributed by atoms with Crippen LogP contribution < -0.4 is 0 Å². The minimum Gasteiger partial charge on any atom is -0.481 e. The number of hydrogen-bond donors (Lipinski definition) is 1. The molecule has 2 unspecified atom stereocenters. The first-order valence-electron chi connectivity index (χ1n) is 6.15. The van der Waals surface area contributed by atoms with Gasteiger partial charge >= 0.3 is 5.97 Å². The quantitative estimate of drug-likeness (QED) is 0.773. The number of carboxylic acid groups (broad SMARTS) is 1. The minimum atomic E-state index is -0.641. The van der Waals surface area contributed by atoms with Crippen molar-refractivity contribution in [1.82, 2.24) is 4.90 Å². The smallest absolute Gasteiger partial charge is 0.303 e. The van der Waals surface area contributed by atoms with Gasteiger partial charge in [0.25, 0.3) is 0 Å². The highest BCUT2D eigenvalue weighted by molar-refractivity contribution is 5.67. The molecule has 1 aliphatic heterocycles. The zero-order valence-corrected chi connectivity index (χ0v) is 9.48. The lowest BCUT2D eigenvalue weighted by Crippen LogP contribution is -2.51. The number of likely N-dealkylation sites (tertiary alicyclic amines) is 1. The van der Waals surface area contributed by atoms with Gasteiger partial charge in [-0.1, -0.05) is 13.3 Å². The van der Waals surface area contributed by atoms with Crippen LogP contribution in [0, 0.1) is 11.8 Å². The van der Waals surface area contributed by atoms with Crippen LogP contribution in [0.2, 0.25) is 0 Å². The van der Waals surface area contributed by atoms with Crippen molar-refractivity contribution in [3.05, 3.63) is 0 Å². The number of rotatable bonds is 4. The molecule has 3 heteroatoms. The van der Waals surface area contributed by atoms with Crippen LogP contribution in [-0.4, -0.2) is 35.1 Å². The molecule has 2 rings (SSSR count). The van der Waals surface area contributed by atoms with E-state index in [0.29, 0.717) is 12.3 Å². The first-order chi connectivity index (χ1) is 7.19. The van der Waals surface area contributed by atoms with Crippen molar-refractivity contribution in [1.29, 1.82) is 0 Å². The maximum Gasteiger partial charge on any atom is 0.303 e. The fraction of sp³-hybridized carbons (Fsp3) is 0.917. The third kappa shape index (κ3) is 2.51. The molecule has 1 heterocycles. The molecule has 2 atom stereocenters. The Balaban J connectivity index is 1.69. The van der Waals surface area contributed by atoms with E-state index in [1.807, 2.05) is 0 Å². The van der Waals surface area contributed by atoms with Gasteiger partial charge in [0.15, 0.2) is 0 Å². The van der Waals surface area contributed by atoms with E-state index in [1.165, 1.54) is 25.7 Å². The number of nitrogens with zero attached hydrogens (tertiary/aromatic N) is 1. The molecule has 2 aliphatic rings. The standard InChI is InChI=1S/C12H21NO2/c1-2-9-3-4-11(5-9)13-7-10(8-13)6-12(14)15/h9-11H,2-8H2,1H3,(H,14,15). The van der Waals surface area contributed by atoms with E-state index in [2.05, 4.69) is 11.8 Å². The average molecular weight is 211 g/mol. The Morgan fingerprint density at radius 2 is 2.07 bits per heavy atom. The molecule has 0 spiro atoms. The van der Waals surface area contributed by atoms with Crippen molar-refractivity contribution in [3.8, 4) is 0 Å². The van der Waals surface area contributed by atoms with Gasteiger partial charge in [0.2, 0.25) is 0 Å². The van der Waals surface area contributed by atoms with Crippen molar-refractivity contribution in [3.63, 3.8) is 0 Å². The highest BCUT2D eigenvalue weighted by Crippen LogP contribution is 2.35. The second kappa shape index (κ2) is 4.52. The highest BCUT2D eigenvalue weighted by atomic mass is 16.4. The average Bonchev–Trinajstić information content (AvgIpc) is 2.58. The molecule has 2 fully saturated rings. The summed E-state index contributed by atoms with van der Waals surface area (Å²) in [4.78, 5) is 13.0. The largest absolute Gasteiger partial charge is 0.481 e. The van der Waals surface area contributed by atoms with Crippen LogP contribution in [0.25, 0.3) is 0 Å². The third-order valence-corrected chi connectivity index (χ3v) is 4.06. The van der Waals surface area contributed by atoms with Crippen molar-refractivity contribution >= 4 is 5.97 Å². The van der Waals surface area contributed by atoms with E-state index in [1.54, 1.807) is 0 Å². The number of hydrogen-bond acceptors (Lipinski definition) is 2. The Bertz CT molecular complexity index is 236. The van der Waals surface area contributed by atoms with Gasteiger partial charge in [-0.2, -0.15) is 0 Å². The molecule has 0 bridgehead atoms. The summed E-state index contributed by atoms with van der Waals surface area (Å²) in [7, 11) is 0. The maximum atomic E-state index is 10.5. The second-order valence-corrected chi connectivity index (χ2v) is 5.16. The van der Waals surface area contributed by atoms with Gasteiger partial charge in [-0.25, -0.2) is 0 Å². The summed E-state index contributed by atoms with van der Waals surface area (Å²) in [6, 6.07) is 0.764. The van der Waals surface area contributed by atoms with Gasteiger partial charge in [-0.3, -0.25) is 9.69 Å². The summed E-state index contributed by atoms with van der Waals surface area (Å²) >= 11 is 0. The van der Waals surface area contributed by atoms with E-state index in [4.69, 9.17) is 5.11 Å². The molecule has 86 valence electrons. The molecular weight excluding hydrogens is 190 g/mol. The van der Waals surface area contributed by atoms with Crippen LogP contribution >= 0.6 is 0 Å². The Morgan fingerprint density at radius 3 is 2.60 bits per heavy atom. The molecule has 1 aliphatic carbocycles. The van der Waals surface area contributed by atoms with Crippen LogP contribution in [-0.2, 0) is 4.79 Å². The lowest BCUT2D eigenvalue weighted by molar-refractivity contribution is -0.139. The van der Waals surface area contributed by atoms with E-state index < -0.39 is 5.97 Å². The monoisotopic (exact) mass is 211 g/mol. The lowest BCUT2D eigenvalue weighted by atomic mass is 9.93. The fourth-order valence-corrected chi connectivity index (χ4v) is 3.04. The zero-order valence-electron chi connectivity index (χ0n) is 9.48. The molecular formula is C12H21NO2. The summed E-state index contributed by atoms with van der Waals surface area (Å²) < 4.78 is 0. The highest BCUT2D eigenvalue weighted by Gasteiger charge is 2.36. The summed E-state index contributed by atoms with van der Waals surface area (Å²) in [6.45, 7) is 4.32. The topological polar surface area (TPSA) is 40.5 Å².